The largest absolute Gasteiger partial charge is 0.481 e. The number of ether oxygens (including phenoxy) is 1. The van der Waals surface area contributed by atoms with Crippen LogP contribution in [0.5, 0.6) is 5.88 Å². The summed E-state index contributed by atoms with van der Waals surface area (Å²) >= 11 is 13.4. The van der Waals surface area contributed by atoms with E-state index in [1.54, 1.807) is 0 Å². The van der Waals surface area contributed by atoms with E-state index in [4.69, 9.17) is 32.9 Å². The zero-order chi connectivity index (χ0) is 31.4. The number of aliphatic hydroxyl groups is 1. The van der Waals surface area contributed by atoms with Gasteiger partial charge in [0.05, 0.1) is 41.2 Å². The summed E-state index contributed by atoms with van der Waals surface area (Å²) in [6, 6.07) is 6.46. The molecule has 3 aromatic rings. The Labute approximate surface area is 261 Å². The van der Waals surface area contributed by atoms with Crippen LogP contribution in [0.25, 0.3) is 22.4 Å². The number of aliphatic hydroxyl groups excluding tert-OH is 1. The van der Waals surface area contributed by atoms with Crippen molar-refractivity contribution in [2.75, 3.05) is 46.2 Å². The minimum atomic E-state index is -0.856. The second-order valence-corrected chi connectivity index (χ2v) is 11.7. The summed E-state index contributed by atoms with van der Waals surface area (Å²) in [5, 5.41) is 17.0. The van der Waals surface area contributed by atoms with Gasteiger partial charge in [-0.25, -0.2) is 23.6 Å². The van der Waals surface area contributed by atoms with Crippen molar-refractivity contribution >= 4 is 46.5 Å². The number of aromatic nitrogens is 1. The van der Waals surface area contributed by atoms with Crippen LogP contribution in [0.4, 0.5) is 19.3 Å². The van der Waals surface area contributed by atoms with Crippen LogP contribution in [0.1, 0.15) is 23.6 Å². The van der Waals surface area contributed by atoms with E-state index in [1.165, 1.54) is 38.2 Å². The molecule has 0 radical (unpaired) electrons. The molecule has 3 aliphatic rings. The molecule has 3 amide bonds. The number of amides is 3. The molecule has 2 aliphatic heterocycles. The Bertz CT molecular complexity index is 1730. The van der Waals surface area contributed by atoms with E-state index >= 15 is 8.78 Å². The van der Waals surface area contributed by atoms with Gasteiger partial charge < -0.3 is 20.1 Å². The number of anilines is 1. The lowest BCUT2D eigenvalue weighted by Gasteiger charge is -2.40. The number of methoxy groups -OCH3 is 1. The standard InChI is InChI=1S/C30H28Cl2F2N6O4/c1-38-13-21(37-39(2)30(38)43)28(42)35-19-8-7-18(34)25(27(19)32)24-17(33)6-5-16(26(24)31)20-10-14-4-9-22(40-11-15(41)12-40)23(14)29(36-20)44-3/h5-8,10,15,22,41H,4,9,11-13H2,1-3H3,(H,35,42). The Kier molecular flexibility index (Phi) is 7.95. The molecule has 1 aromatic heterocycles. The molecule has 2 aromatic carbocycles. The molecule has 0 saturated carbocycles. The highest BCUT2D eigenvalue weighted by molar-refractivity contribution is 6.46. The number of β-amino-alcohol motifs (C(OH)–C–C–N with tert-alkyl or cyclic N) is 1. The number of hydrogen-bond acceptors (Lipinski definition) is 7. The van der Waals surface area contributed by atoms with Gasteiger partial charge in [0.2, 0.25) is 5.88 Å². The minimum absolute atomic E-state index is 0.00155. The topological polar surface area (TPSA) is 111 Å². The number of aryl methyl sites for hydroxylation is 1. The SMILES string of the molecule is COc1nc(-c2ccc(F)c(-c3c(F)ccc(NC(=O)C4=NN(C)C(=O)N(C)C4)c3Cl)c2Cl)cc2c1C(N1CC(O)C1)CC2. The van der Waals surface area contributed by atoms with Gasteiger partial charge in [0, 0.05) is 55.5 Å². The van der Waals surface area contributed by atoms with Crippen LogP contribution >= 0.6 is 23.2 Å². The number of hydrazone groups is 1. The molecule has 1 saturated heterocycles. The molecule has 0 bridgehead atoms. The second kappa shape index (κ2) is 11.6. The van der Waals surface area contributed by atoms with Crippen molar-refractivity contribution in [1.82, 2.24) is 19.8 Å². The number of nitrogens with one attached hydrogen (secondary N) is 1. The smallest absolute Gasteiger partial charge is 0.340 e. The van der Waals surface area contributed by atoms with E-state index < -0.39 is 17.5 Å². The fraction of sp³-hybridized carbons (Fsp3) is 0.333. The average molecular weight is 645 g/mol. The van der Waals surface area contributed by atoms with Crippen LogP contribution in [0.15, 0.2) is 35.4 Å². The maximum Gasteiger partial charge on any atom is 0.340 e. The predicted molar refractivity (Wildman–Crippen MR) is 162 cm³/mol. The van der Waals surface area contributed by atoms with E-state index in [-0.39, 0.29) is 57.3 Å². The highest BCUT2D eigenvalue weighted by Gasteiger charge is 2.38. The van der Waals surface area contributed by atoms with Crippen molar-refractivity contribution in [1.29, 1.82) is 0 Å². The van der Waals surface area contributed by atoms with Crippen molar-refractivity contribution in [3.05, 3.63) is 63.1 Å². The van der Waals surface area contributed by atoms with Crippen molar-refractivity contribution in [3.63, 3.8) is 0 Å². The molecule has 10 nitrogen and oxygen atoms in total. The summed E-state index contributed by atoms with van der Waals surface area (Å²) in [6.07, 6.45) is 1.24. The minimum Gasteiger partial charge on any atom is -0.481 e. The first-order valence-electron chi connectivity index (χ1n) is 13.8. The molecule has 2 N–H and O–H groups in total. The summed E-state index contributed by atoms with van der Waals surface area (Å²) in [5.74, 6) is -1.95. The first-order valence-corrected chi connectivity index (χ1v) is 14.6. The number of pyridine rings is 1. The Morgan fingerprint density at radius 2 is 1.77 bits per heavy atom. The summed E-state index contributed by atoms with van der Waals surface area (Å²) in [4.78, 5) is 33.1. The van der Waals surface area contributed by atoms with E-state index in [9.17, 15) is 14.7 Å². The number of carbonyl (C=O) groups is 2. The Hall–Kier alpha value is -3.84. The predicted octanol–water partition coefficient (Wildman–Crippen LogP) is 4.96. The van der Waals surface area contributed by atoms with Gasteiger partial charge in [-0.15, -0.1) is 0 Å². The van der Waals surface area contributed by atoms with Gasteiger partial charge in [0.15, 0.2) is 0 Å². The van der Waals surface area contributed by atoms with E-state index in [0.717, 1.165) is 41.1 Å². The lowest BCUT2D eigenvalue weighted by molar-refractivity contribution is -0.110. The molecule has 1 atom stereocenters. The van der Waals surface area contributed by atoms with Crippen LogP contribution in [0, 0.1) is 11.6 Å². The van der Waals surface area contributed by atoms with Crippen molar-refractivity contribution in [2.24, 2.45) is 5.10 Å². The zero-order valence-corrected chi connectivity index (χ0v) is 25.5. The second-order valence-electron chi connectivity index (χ2n) is 11.0. The monoisotopic (exact) mass is 644 g/mol. The molecule has 1 unspecified atom stereocenters. The first kappa shape index (κ1) is 30.2. The molecule has 14 heteroatoms. The quantitative estimate of drug-likeness (QED) is 0.392. The average Bonchev–Trinajstić information content (AvgIpc) is 3.40. The summed E-state index contributed by atoms with van der Waals surface area (Å²) in [6.45, 7) is 1.10. The van der Waals surface area contributed by atoms with Gasteiger partial charge in [0.25, 0.3) is 5.91 Å². The third kappa shape index (κ3) is 5.15. The maximum atomic E-state index is 15.5. The van der Waals surface area contributed by atoms with Gasteiger partial charge in [-0.2, -0.15) is 5.10 Å². The first-order chi connectivity index (χ1) is 21.0. The van der Waals surface area contributed by atoms with Gasteiger partial charge in [-0.05, 0) is 48.7 Å². The van der Waals surface area contributed by atoms with Crippen LogP contribution in [-0.4, -0.2) is 89.5 Å². The number of nitrogens with zero attached hydrogens (tertiary/aromatic N) is 5. The van der Waals surface area contributed by atoms with E-state index in [0.29, 0.717) is 30.2 Å². The fourth-order valence-electron chi connectivity index (χ4n) is 5.95. The third-order valence-electron chi connectivity index (χ3n) is 8.13. The lowest BCUT2D eigenvalue weighted by Crippen LogP contribution is -2.51. The molecule has 230 valence electrons. The number of hydrogen-bond donors (Lipinski definition) is 2. The fourth-order valence-corrected chi connectivity index (χ4v) is 6.59. The summed E-state index contributed by atoms with van der Waals surface area (Å²) in [7, 11) is 4.45. The Morgan fingerprint density at radius 3 is 2.43 bits per heavy atom. The molecule has 3 heterocycles. The van der Waals surface area contributed by atoms with Crippen LogP contribution < -0.4 is 10.1 Å². The number of carbonyl (C=O) groups excluding carboxylic acids is 2. The highest BCUT2D eigenvalue weighted by atomic mass is 35.5. The van der Waals surface area contributed by atoms with Crippen LogP contribution in [-0.2, 0) is 11.2 Å². The zero-order valence-electron chi connectivity index (χ0n) is 24.0. The Morgan fingerprint density at radius 1 is 1.09 bits per heavy atom. The molecule has 0 spiro atoms. The van der Waals surface area contributed by atoms with Gasteiger partial charge in [-0.3, -0.25) is 9.69 Å². The van der Waals surface area contributed by atoms with Gasteiger partial charge >= 0.3 is 6.03 Å². The molecule has 6 rings (SSSR count). The molecule has 44 heavy (non-hydrogen) atoms. The number of benzene rings is 2. The number of rotatable bonds is 6. The summed E-state index contributed by atoms with van der Waals surface area (Å²) < 4.78 is 36.5. The number of urea groups is 1. The van der Waals surface area contributed by atoms with E-state index in [2.05, 4.69) is 15.3 Å². The third-order valence-corrected chi connectivity index (χ3v) is 8.92. The normalized spacial score (nSPS) is 18.7. The van der Waals surface area contributed by atoms with Crippen LogP contribution in [0.2, 0.25) is 10.0 Å². The number of fused-ring (bicyclic) bond motifs is 1. The Balaban J connectivity index is 1.37. The molecular formula is C30H28Cl2F2N6O4. The van der Waals surface area contributed by atoms with Gasteiger partial charge in [0.1, 0.15) is 17.3 Å². The molecule has 1 fully saturated rings. The van der Waals surface area contributed by atoms with Crippen LogP contribution in [0.3, 0.4) is 0 Å². The highest BCUT2D eigenvalue weighted by Crippen LogP contribution is 2.47. The number of likely N-dealkylation sites (tertiary alicyclic amines) is 1. The molecule has 1 aliphatic carbocycles. The van der Waals surface area contributed by atoms with Crippen molar-refractivity contribution < 1.29 is 28.2 Å². The van der Waals surface area contributed by atoms with Gasteiger partial charge in [-0.1, -0.05) is 23.2 Å². The molecular weight excluding hydrogens is 617 g/mol. The van der Waals surface area contributed by atoms with E-state index in [1.807, 2.05) is 6.07 Å². The number of halogens is 4. The van der Waals surface area contributed by atoms with Crippen molar-refractivity contribution in [3.8, 4) is 28.3 Å². The van der Waals surface area contributed by atoms with Crippen molar-refractivity contribution in [2.45, 2.75) is 25.0 Å². The maximum absolute atomic E-state index is 15.5. The summed E-state index contributed by atoms with van der Waals surface area (Å²) in [5.41, 5.74) is 2.08. The lowest BCUT2D eigenvalue weighted by atomic mass is 9.97.